The van der Waals surface area contributed by atoms with Gasteiger partial charge in [-0.15, -0.1) is 11.3 Å². The second kappa shape index (κ2) is 9.62. The SMILES string of the molecule is c1ccc(-c2c3ccccc3c(-c3ccc(-c4cccc5sc6cc7ccccc7cc6c45)cn3)c3ccccc23)cc1. The van der Waals surface area contributed by atoms with E-state index in [4.69, 9.17) is 4.98 Å². The number of fused-ring (bicyclic) bond motifs is 6. The molecule has 0 N–H and O–H groups in total. The van der Waals surface area contributed by atoms with Crippen molar-refractivity contribution >= 4 is 63.8 Å². The minimum Gasteiger partial charge on any atom is -0.256 e. The average molecular weight is 564 g/mol. The van der Waals surface area contributed by atoms with Crippen molar-refractivity contribution in [3.63, 3.8) is 0 Å². The topological polar surface area (TPSA) is 12.9 Å². The van der Waals surface area contributed by atoms with Crippen LogP contribution in [0.4, 0.5) is 0 Å². The highest BCUT2D eigenvalue weighted by atomic mass is 32.1. The fourth-order valence-electron chi connectivity index (χ4n) is 6.77. The zero-order valence-electron chi connectivity index (χ0n) is 23.3. The highest BCUT2D eigenvalue weighted by Crippen LogP contribution is 2.44. The van der Waals surface area contributed by atoms with Gasteiger partial charge >= 0.3 is 0 Å². The van der Waals surface area contributed by atoms with Gasteiger partial charge in [-0.3, -0.25) is 4.98 Å². The molecule has 2 aromatic heterocycles. The molecule has 0 saturated carbocycles. The largest absolute Gasteiger partial charge is 0.256 e. The number of nitrogens with zero attached hydrogens (tertiary/aromatic N) is 1. The van der Waals surface area contributed by atoms with E-state index in [-0.39, 0.29) is 0 Å². The first-order valence-corrected chi connectivity index (χ1v) is 15.4. The first kappa shape index (κ1) is 24.3. The third-order valence-corrected chi connectivity index (χ3v) is 9.81. The Morgan fingerprint density at radius 1 is 0.419 bits per heavy atom. The molecule has 0 aliphatic heterocycles. The molecule has 9 rings (SSSR count). The van der Waals surface area contributed by atoms with Crippen LogP contribution in [0.3, 0.4) is 0 Å². The van der Waals surface area contributed by atoms with E-state index in [0.29, 0.717) is 0 Å². The summed E-state index contributed by atoms with van der Waals surface area (Å²) < 4.78 is 2.63. The van der Waals surface area contributed by atoms with Crippen molar-refractivity contribution in [3.05, 3.63) is 152 Å². The van der Waals surface area contributed by atoms with Crippen molar-refractivity contribution in [3.8, 4) is 33.5 Å². The summed E-state index contributed by atoms with van der Waals surface area (Å²) in [5.74, 6) is 0. The molecule has 0 unspecified atom stereocenters. The minimum absolute atomic E-state index is 0.990. The second-order valence-corrected chi connectivity index (χ2v) is 12.2. The summed E-state index contributed by atoms with van der Waals surface area (Å²) >= 11 is 1.87. The highest BCUT2D eigenvalue weighted by molar-refractivity contribution is 7.26. The molecular weight excluding hydrogens is 539 g/mol. The van der Waals surface area contributed by atoms with Gasteiger partial charge in [0.1, 0.15) is 0 Å². The van der Waals surface area contributed by atoms with Crippen LogP contribution in [0.25, 0.3) is 86.0 Å². The van der Waals surface area contributed by atoms with Gasteiger partial charge in [0.25, 0.3) is 0 Å². The fraction of sp³-hybridized carbons (Fsp3) is 0. The predicted octanol–water partition coefficient (Wildman–Crippen LogP) is 11.9. The number of rotatable bonds is 3. The van der Waals surface area contributed by atoms with Crippen molar-refractivity contribution in [2.45, 2.75) is 0 Å². The van der Waals surface area contributed by atoms with Crippen molar-refractivity contribution in [1.82, 2.24) is 4.98 Å². The molecule has 0 radical (unpaired) electrons. The zero-order valence-corrected chi connectivity index (χ0v) is 24.1. The Hall–Kier alpha value is -5.31. The smallest absolute Gasteiger partial charge is 0.0714 e. The molecule has 0 amide bonds. The molecule has 9 aromatic rings. The lowest BCUT2D eigenvalue weighted by Crippen LogP contribution is -1.92. The quantitative estimate of drug-likeness (QED) is 0.195. The number of benzene rings is 7. The van der Waals surface area contributed by atoms with E-state index in [1.807, 2.05) is 11.3 Å². The minimum atomic E-state index is 0.990. The Morgan fingerprint density at radius 2 is 1.05 bits per heavy atom. The molecule has 0 bridgehead atoms. The van der Waals surface area contributed by atoms with Crippen LogP contribution in [0, 0.1) is 0 Å². The third kappa shape index (κ3) is 3.81. The number of thiophene rings is 1. The maximum Gasteiger partial charge on any atom is 0.0714 e. The molecule has 0 fully saturated rings. The summed E-state index contributed by atoms with van der Waals surface area (Å²) in [5, 5.41) is 10.1. The summed E-state index contributed by atoms with van der Waals surface area (Å²) in [6.45, 7) is 0. The van der Waals surface area contributed by atoms with E-state index < -0.39 is 0 Å². The zero-order chi connectivity index (χ0) is 28.3. The Kier molecular flexibility index (Phi) is 5.44. The van der Waals surface area contributed by atoms with Crippen molar-refractivity contribution in [2.75, 3.05) is 0 Å². The molecule has 7 aromatic carbocycles. The van der Waals surface area contributed by atoms with Crippen LogP contribution in [0.1, 0.15) is 0 Å². The molecule has 0 aliphatic rings. The summed E-state index contributed by atoms with van der Waals surface area (Å²) in [6.07, 6.45) is 2.06. The lowest BCUT2D eigenvalue weighted by Gasteiger charge is -2.17. The van der Waals surface area contributed by atoms with Crippen LogP contribution < -0.4 is 0 Å². The lowest BCUT2D eigenvalue weighted by atomic mass is 9.87. The van der Waals surface area contributed by atoms with Gasteiger partial charge in [0.05, 0.1) is 5.69 Å². The maximum absolute atomic E-state index is 5.15. The van der Waals surface area contributed by atoms with Crippen LogP contribution in [0.5, 0.6) is 0 Å². The summed E-state index contributed by atoms with van der Waals surface area (Å²) in [4.78, 5) is 5.15. The van der Waals surface area contributed by atoms with Crippen LogP contribution in [-0.2, 0) is 0 Å². The third-order valence-electron chi connectivity index (χ3n) is 8.69. The van der Waals surface area contributed by atoms with E-state index in [2.05, 4.69) is 152 Å². The van der Waals surface area contributed by atoms with Crippen LogP contribution >= 0.6 is 11.3 Å². The summed E-state index contributed by atoms with van der Waals surface area (Å²) in [5.41, 5.74) is 7.04. The number of aromatic nitrogens is 1. The van der Waals surface area contributed by atoms with E-state index in [1.54, 1.807) is 0 Å². The van der Waals surface area contributed by atoms with E-state index in [9.17, 15) is 0 Å². The van der Waals surface area contributed by atoms with Crippen molar-refractivity contribution in [2.24, 2.45) is 0 Å². The van der Waals surface area contributed by atoms with Gasteiger partial charge < -0.3 is 0 Å². The van der Waals surface area contributed by atoms with Gasteiger partial charge in [0.15, 0.2) is 0 Å². The molecule has 0 aliphatic carbocycles. The maximum atomic E-state index is 5.15. The molecule has 2 heterocycles. The number of hydrogen-bond donors (Lipinski definition) is 0. The van der Waals surface area contributed by atoms with Gasteiger partial charge in [-0.25, -0.2) is 0 Å². The highest BCUT2D eigenvalue weighted by Gasteiger charge is 2.18. The molecule has 200 valence electrons. The molecule has 0 atom stereocenters. The Labute approximate surface area is 253 Å². The molecule has 0 spiro atoms. The second-order valence-electron chi connectivity index (χ2n) is 11.1. The molecule has 1 nitrogen and oxygen atoms in total. The monoisotopic (exact) mass is 563 g/mol. The van der Waals surface area contributed by atoms with Gasteiger partial charge in [0.2, 0.25) is 0 Å². The summed E-state index contributed by atoms with van der Waals surface area (Å²) in [7, 11) is 0. The van der Waals surface area contributed by atoms with E-state index in [0.717, 1.165) is 11.3 Å². The van der Waals surface area contributed by atoms with E-state index in [1.165, 1.54) is 74.7 Å². The Balaban J connectivity index is 1.25. The first-order valence-electron chi connectivity index (χ1n) is 14.6. The van der Waals surface area contributed by atoms with Crippen LogP contribution in [-0.4, -0.2) is 4.98 Å². The van der Waals surface area contributed by atoms with Crippen molar-refractivity contribution < 1.29 is 0 Å². The van der Waals surface area contributed by atoms with Crippen LogP contribution in [0.2, 0.25) is 0 Å². The van der Waals surface area contributed by atoms with Crippen LogP contribution in [0.15, 0.2) is 152 Å². The Bertz CT molecular complexity index is 2430. The standard InChI is InChI=1S/C41H25NS/c1-2-11-26(12-3-1)39-31-15-6-8-17-33(31)40(34-18-9-7-16-32(34)39)36-22-21-29(25-42-36)30-19-10-20-37-41(30)35-23-27-13-4-5-14-28(27)24-38(35)43-37/h1-25H. The van der Waals surface area contributed by atoms with Gasteiger partial charge in [-0.05, 0) is 73.3 Å². The number of pyridine rings is 1. The molecule has 43 heavy (non-hydrogen) atoms. The van der Waals surface area contributed by atoms with Gasteiger partial charge in [-0.1, -0.05) is 121 Å². The first-order chi connectivity index (χ1) is 21.3. The van der Waals surface area contributed by atoms with Crippen molar-refractivity contribution in [1.29, 1.82) is 0 Å². The summed E-state index contributed by atoms with van der Waals surface area (Å²) in [6, 6.07) is 52.6. The van der Waals surface area contributed by atoms with Gasteiger partial charge in [0, 0.05) is 37.5 Å². The van der Waals surface area contributed by atoms with E-state index >= 15 is 0 Å². The molecule has 2 heteroatoms. The molecular formula is C41H25NS. The van der Waals surface area contributed by atoms with Gasteiger partial charge in [-0.2, -0.15) is 0 Å². The lowest BCUT2D eigenvalue weighted by molar-refractivity contribution is 1.34. The molecule has 0 saturated heterocycles. The fourth-order valence-corrected chi connectivity index (χ4v) is 7.94. The average Bonchev–Trinajstić information content (AvgIpc) is 3.44. The Morgan fingerprint density at radius 3 is 1.72 bits per heavy atom. The number of hydrogen-bond acceptors (Lipinski definition) is 2. The predicted molar refractivity (Wildman–Crippen MR) is 186 cm³/mol. The normalized spacial score (nSPS) is 11.7.